The van der Waals surface area contributed by atoms with Gasteiger partial charge in [0.1, 0.15) is 0 Å². The molecular weight excluding hydrogens is 172 g/mol. The SMILES string of the molecule is CC(C)(c1ccccc1)C1CCCO1. The van der Waals surface area contributed by atoms with Gasteiger partial charge < -0.3 is 4.74 Å². The van der Waals surface area contributed by atoms with Crippen LogP contribution in [0.3, 0.4) is 0 Å². The number of ether oxygens (including phenoxy) is 1. The molecule has 2 rings (SSSR count). The van der Waals surface area contributed by atoms with E-state index in [-0.39, 0.29) is 5.41 Å². The van der Waals surface area contributed by atoms with Gasteiger partial charge in [0.25, 0.3) is 0 Å². The fourth-order valence-electron chi connectivity index (χ4n) is 2.20. The summed E-state index contributed by atoms with van der Waals surface area (Å²) in [6, 6.07) is 10.7. The molecule has 1 aliphatic heterocycles. The van der Waals surface area contributed by atoms with Crippen molar-refractivity contribution in [1.29, 1.82) is 0 Å². The van der Waals surface area contributed by atoms with Crippen LogP contribution in [0, 0.1) is 0 Å². The van der Waals surface area contributed by atoms with Crippen LogP contribution in [0.1, 0.15) is 32.3 Å². The van der Waals surface area contributed by atoms with Crippen LogP contribution in [0.5, 0.6) is 0 Å². The highest BCUT2D eigenvalue weighted by Crippen LogP contribution is 2.34. The Labute approximate surface area is 86.1 Å². The molecule has 14 heavy (non-hydrogen) atoms. The lowest BCUT2D eigenvalue weighted by Crippen LogP contribution is -2.32. The van der Waals surface area contributed by atoms with Crippen LogP contribution in [-0.2, 0) is 10.2 Å². The maximum Gasteiger partial charge on any atom is 0.0667 e. The van der Waals surface area contributed by atoms with Gasteiger partial charge >= 0.3 is 0 Å². The minimum atomic E-state index is 0.151. The normalized spacial score (nSPS) is 22.6. The van der Waals surface area contributed by atoms with Crippen molar-refractivity contribution in [2.75, 3.05) is 6.61 Å². The van der Waals surface area contributed by atoms with Crippen molar-refractivity contribution in [3.05, 3.63) is 35.9 Å². The lowest BCUT2D eigenvalue weighted by molar-refractivity contribution is 0.0571. The zero-order chi connectivity index (χ0) is 10.0. The van der Waals surface area contributed by atoms with Crippen LogP contribution >= 0.6 is 0 Å². The lowest BCUT2D eigenvalue weighted by atomic mass is 9.78. The van der Waals surface area contributed by atoms with E-state index in [4.69, 9.17) is 4.74 Å². The lowest BCUT2D eigenvalue weighted by Gasteiger charge is -2.31. The van der Waals surface area contributed by atoms with Gasteiger partial charge in [0, 0.05) is 12.0 Å². The zero-order valence-corrected chi connectivity index (χ0v) is 8.99. The molecule has 1 nitrogen and oxygen atoms in total. The highest BCUT2D eigenvalue weighted by molar-refractivity contribution is 5.25. The van der Waals surface area contributed by atoms with E-state index < -0.39 is 0 Å². The Morgan fingerprint density at radius 1 is 1.21 bits per heavy atom. The topological polar surface area (TPSA) is 9.23 Å². The summed E-state index contributed by atoms with van der Waals surface area (Å²) in [4.78, 5) is 0. The van der Waals surface area contributed by atoms with Crippen molar-refractivity contribution in [2.24, 2.45) is 0 Å². The first kappa shape index (κ1) is 9.72. The van der Waals surface area contributed by atoms with Gasteiger partial charge in [-0.3, -0.25) is 0 Å². The average Bonchev–Trinajstić information content (AvgIpc) is 2.72. The van der Waals surface area contributed by atoms with E-state index in [9.17, 15) is 0 Å². The van der Waals surface area contributed by atoms with Gasteiger partial charge in [-0.2, -0.15) is 0 Å². The molecule has 0 radical (unpaired) electrons. The maximum absolute atomic E-state index is 5.77. The fourth-order valence-corrected chi connectivity index (χ4v) is 2.20. The minimum absolute atomic E-state index is 0.151. The molecule has 1 fully saturated rings. The first-order chi connectivity index (χ1) is 6.71. The smallest absolute Gasteiger partial charge is 0.0667 e. The molecule has 0 spiro atoms. The Bertz CT molecular complexity index is 283. The van der Waals surface area contributed by atoms with Crippen molar-refractivity contribution in [2.45, 2.75) is 38.2 Å². The first-order valence-electron chi connectivity index (χ1n) is 5.38. The standard InChI is InChI=1S/C13H18O/c1-13(2,12-9-6-10-14-12)11-7-4-3-5-8-11/h3-5,7-8,12H,6,9-10H2,1-2H3. The predicted molar refractivity (Wildman–Crippen MR) is 58.4 cm³/mol. The molecule has 0 aromatic heterocycles. The van der Waals surface area contributed by atoms with Crippen molar-refractivity contribution in [3.8, 4) is 0 Å². The molecule has 0 bridgehead atoms. The molecule has 0 saturated carbocycles. The van der Waals surface area contributed by atoms with E-state index >= 15 is 0 Å². The van der Waals surface area contributed by atoms with Gasteiger partial charge in [0.15, 0.2) is 0 Å². The van der Waals surface area contributed by atoms with Gasteiger partial charge in [-0.25, -0.2) is 0 Å². The largest absolute Gasteiger partial charge is 0.377 e. The molecule has 76 valence electrons. The summed E-state index contributed by atoms with van der Waals surface area (Å²) in [5.74, 6) is 0. The second kappa shape index (κ2) is 3.74. The molecule has 1 aromatic rings. The highest BCUT2D eigenvalue weighted by Gasteiger charge is 2.34. The molecule has 1 heteroatoms. The average molecular weight is 190 g/mol. The van der Waals surface area contributed by atoms with E-state index in [0.29, 0.717) is 6.10 Å². The van der Waals surface area contributed by atoms with Crippen LogP contribution in [0.2, 0.25) is 0 Å². The van der Waals surface area contributed by atoms with E-state index in [1.54, 1.807) is 0 Å². The van der Waals surface area contributed by atoms with Crippen molar-refractivity contribution in [3.63, 3.8) is 0 Å². The Morgan fingerprint density at radius 2 is 1.93 bits per heavy atom. The molecule has 0 aliphatic carbocycles. The number of hydrogen-bond donors (Lipinski definition) is 0. The van der Waals surface area contributed by atoms with Crippen LogP contribution in [0.25, 0.3) is 0 Å². The Morgan fingerprint density at radius 3 is 2.50 bits per heavy atom. The Kier molecular flexibility index (Phi) is 2.60. The van der Waals surface area contributed by atoms with Gasteiger partial charge in [0.2, 0.25) is 0 Å². The van der Waals surface area contributed by atoms with Crippen LogP contribution < -0.4 is 0 Å². The maximum atomic E-state index is 5.77. The molecule has 1 atom stereocenters. The van der Waals surface area contributed by atoms with Crippen molar-refractivity contribution < 1.29 is 4.74 Å². The van der Waals surface area contributed by atoms with E-state index in [1.807, 2.05) is 0 Å². The van der Waals surface area contributed by atoms with E-state index in [1.165, 1.54) is 18.4 Å². The third-order valence-electron chi connectivity index (χ3n) is 3.25. The molecule has 1 heterocycles. The number of benzene rings is 1. The third-order valence-corrected chi connectivity index (χ3v) is 3.25. The molecule has 0 amide bonds. The van der Waals surface area contributed by atoms with Crippen molar-refractivity contribution >= 4 is 0 Å². The summed E-state index contributed by atoms with van der Waals surface area (Å²) in [6.45, 7) is 5.48. The van der Waals surface area contributed by atoms with Gasteiger partial charge in [-0.1, -0.05) is 44.2 Å². The third kappa shape index (κ3) is 1.69. The quantitative estimate of drug-likeness (QED) is 0.696. The van der Waals surface area contributed by atoms with E-state index in [0.717, 1.165) is 6.61 Å². The molecular formula is C13H18O. The van der Waals surface area contributed by atoms with Crippen LogP contribution in [-0.4, -0.2) is 12.7 Å². The minimum Gasteiger partial charge on any atom is -0.377 e. The van der Waals surface area contributed by atoms with Gasteiger partial charge in [0.05, 0.1) is 6.10 Å². The number of hydrogen-bond acceptors (Lipinski definition) is 1. The van der Waals surface area contributed by atoms with Crippen LogP contribution in [0.4, 0.5) is 0 Å². The summed E-state index contributed by atoms with van der Waals surface area (Å²) in [7, 11) is 0. The Balaban J connectivity index is 2.22. The molecule has 1 aromatic carbocycles. The van der Waals surface area contributed by atoms with Crippen molar-refractivity contribution in [1.82, 2.24) is 0 Å². The summed E-state index contributed by atoms with van der Waals surface area (Å²) in [5, 5.41) is 0. The molecule has 1 aliphatic rings. The Hall–Kier alpha value is -0.820. The molecule has 1 saturated heterocycles. The van der Waals surface area contributed by atoms with Gasteiger partial charge in [-0.05, 0) is 18.4 Å². The highest BCUT2D eigenvalue weighted by atomic mass is 16.5. The predicted octanol–water partition coefficient (Wildman–Crippen LogP) is 3.14. The summed E-state index contributed by atoms with van der Waals surface area (Å²) < 4.78 is 5.77. The monoisotopic (exact) mass is 190 g/mol. The fraction of sp³-hybridized carbons (Fsp3) is 0.538. The number of rotatable bonds is 2. The molecule has 0 N–H and O–H groups in total. The summed E-state index contributed by atoms with van der Waals surface area (Å²) in [5.41, 5.74) is 1.53. The summed E-state index contributed by atoms with van der Waals surface area (Å²) in [6.07, 6.45) is 2.80. The second-order valence-corrected chi connectivity index (χ2v) is 4.59. The second-order valence-electron chi connectivity index (χ2n) is 4.59. The van der Waals surface area contributed by atoms with E-state index in [2.05, 4.69) is 44.2 Å². The molecule has 1 unspecified atom stereocenters. The summed E-state index contributed by atoms with van der Waals surface area (Å²) >= 11 is 0. The van der Waals surface area contributed by atoms with Crippen LogP contribution in [0.15, 0.2) is 30.3 Å². The first-order valence-corrected chi connectivity index (χ1v) is 5.38. The van der Waals surface area contributed by atoms with Gasteiger partial charge in [-0.15, -0.1) is 0 Å². The zero-order valence-electron chi connectivity index (χ0n) is 8.99.